The predicted octanol–water partition coefficient (Wildman–Crippen LogP) is 2.50. The molecule has 1 aliphatic rings. The van der Waals surface area contributed by atoms with Crippen molar-refractivity contribution in [3.05, 3.63) is 96.4 Å². The van der Waals surface area contributed by atoms with E-state index in [1.54, 1.807) is 24.5 Å². The molecule has 4 rings (SSSR count). The standard InChI is InChI=1S/C23H21N3O3S/c1-4-29-22(28)19-15(3)25-23-26(20(19)16-10-6-5-7-11-16)21(27)18(30-23)13-17-12-8-9-14(2)24-17/h5-13,20H,4H2,1-3H3/b18-13-/t20-/m1/s1. The van der Waals surface area contributed by atoms with Gasteiger partial charge in [0, 0.05) is 5.69 Å². The van der Waals surface area contributed by atoms with Gasteiger partial charge in [0.1, 0.15) is 0 Å². The van der Waals surface area contributed by atoms with E-state index in [0.717, 1.165) is 11.3 Å². The summed E-state index contributed by atoms with van der Waals surface area (Å²) in [4.78, 5) is 35.8. The molecule has 0 saturated heterocycles. The highest BCUT2D eigenvalue weighted by Crippen LogP contribution is 2.30. The lowest BCUT2D eigenvalue weighted by Crippen LogP contribution is -2.39. The third kappa shape index (κ3) is 3.64. The number of aromatic nitrogens is 2. The summed E-state index contributed by atoms with van der Waals surface area (Å²) in [7, 11) is 0. The van der Waals surface area contributed by atoms with Crippen molar-refractivity contribution in [1.82, 2.24) is 9.55 Å². The number of hydrogen-bond donors (Lipinski definition) is 0. The molecule has 152 valence electrons. The average molecular weight is 420 g/mol. The van der Waals surface area contributed by atoms with Crippen LogP contribution in [0.25, 0.3) is 6.08 Å². The second-order valence-electron chi connectivity index (χ2n) is 6.92. The lowest BCUT2D eigenvalue weighted by molar-refractivity contribution is -0.139. The van der Waals surface area contributed by atoms with E-state index in [2.05, 4.69) is 9.98 Å². The Morgan fingerprint density at radius 3 is 2.63 bits per heavy atom. The van der Waals surface area contributed by atoms with Gasteiger partial charge in [-0.05, 0) is 44.5 Å². The van der Waals surface area contributed by atoms with Crippen molar-refractivity contribution < 1.29 is 9.53 Å². The molecule has 6 nitrogen and oxygen atoms in total. The quantitative estimate of drug-likeness (QED) is 0.609. The van der Waals surface area contributed by atoms with Crippen LogP contribution >= 0.6 is 11.3 Å². The number of thiazole rings is 1. The topological polar surface area (TPSA) is 73.6 Å². The van der Waals surface area contributed by atoms with Crippen LogP contribution in [-0.2, 0) is 9.53 Å². The zero-order chi connectivity index (χ0) is 21.3. The smallest absolute Gasteiger partial charge is 0.338 e. The summed E-state index contributed by atoms with van der Waals surface area (Å²) in [6.07, 6.45) is 1.77. The molecule has 0 radical (unpaired) electrons. The maximum Gasteiger partial charge on any atom is 0.338 e. The van der Waals surface area contributed by atoms with Crippen LogP contribution in [-0.4, -0.2) is 22.1 Å². The summed E-state index contributed by atoms with van der Waals surface area (Å²) in [5.74, 6) is -0.456. The molecule has 0 amide bonds. The van der Waals surface area contributed by atoms with Gasteiger partial charge in [-0.3, -0.25) is 14.3 Å². The number of fused-ring (bicyclic) bond motifs is 1. The van der Waals surface area contributed by atoms with Gasteiger partial charge in [0.2, 0.25) is 0 Å². The summed E-state index contributed by atoms with van der Waals surface area (Å²) in [5, 5.41) is 0. The highest BCUT2D eigenvalue weighted by Gasteiger charge is 2.33. The van der Waals surface area contributed by atoms with Gasteiger partial charge < -0.3 is 4.74 Å². The number of carbonyl (C=O) groups is 1. The van der Waals surface area contributed by atoms with Crippen LogP contribution in [0.2, 0.25) is 0 Å². The maximum absolute atomic E-state index is 13.4. The van der Waals surface area contributed by atoms with E-state index in [0.29, 0.717) is 26.3 Å². The first kappa shape index (κ1) is 20.0. The lowest BCUT2D eigenvalue weighted by Gasteiger charge is -2.24. The van der Waals surface area contributed by atoms with Crippen LogP contribution in [0.15, 0.2) is 69.6 Å². The minimum atomic E-state index is -0.589. The molecule has 0 bridgehead atoms. The number of esters is 1. The fourth-order valence-electron chi connectivity index (χ4n) is 3.52. The Morgan fingerprint density at radius 2 is 1.93 bits per heavy atom. The Hall–Kier alpha value is -3.32. The summed E-state index contributed by atoms with van der Waals surface area (Å²) in [6, 6.07) is 14.6. The molecule has 3 heterocycles. The van der Waals surface area contributed by atoms with Crippen LogP contribution in [0, 0.1) is 6.92 Å². The van der Waals surface area contributed by atoms with Crippen LogP contribution in [0.1, 0.15) is 36.8 Å². The molecular weight excluding hydrogens is 398 g/mol. The molecule has 0 saturated carbocycles. The molecule has 0 aliphatic carbocycles. The summed E-state index contributed by atoms with van der Waals surface area (Å²) in [6.45, 7) is 5.70. The van der Waals surface area contributed by atoms with Crippen molar-refractivity contribution >= 4 is 23.4 Å². The molecule has 0 N–H and O–H groups in total. The zero-order valence-corrected chi connectivity index (χ0v) is 17.8. The number of aryl methyl sites for hydroxylation is 1. The summed E-state index contributed by atoms with van der Waals surface area (Å²) in [5.41, 5.74) is 3.15. The van der Waals surface area contributed by atoms with E-state index >= 15 is 0 Å². The average Bonchev–Trinajstić information content (AvgIpc) is 3.02. The summed E-state index contributed by atoms with van der Waals surface area (Å²) < 4.78 is 7.39. The fraction of sp³-hybridized carbons (Fsp3) is 0.217. The third-order valence-corrected chi connectivity index (χ3v) is 5.80. The first-order valence-corrected chi connectivity index (χ1v) is 10.5. The highest BCUT2D eigenvalue weighted by atomic mass is 32.1. The van der Waals surface area contributed by atoms with Gasteiger partial charge in [0.15, 0.2) is 4.80 Å². The van der Waals surface area contributed by atoms with Gasteiger partial charge in [0.05, 0.1) is 34.1 Å². The molecule has 7 heteroatoms. The van der Waals surface area contributed by atoms with Crippen molar-refractivity contribution in [2.24, 2.45) is 4.99 Å². The van der Waals surface area contributed by atoms with E-state index in [1.165, 1.54) is 11.3 Å². The van der Waals surface area contributed by atoms with E-state index in [9.17, 15) is 9.59 Å². The van der Waals surface area contributed by atoms with Crippen molar-refractivity contribution in [3.63, 3.8) is 0 Å². The van der Waals surface area contributed by atoms with Gasteiger partial charge in [-0.2, -0.15) is 0 Å². The number of ether oxygens (including phenoxy) is 1. The summed E-state index contributed by atoms with van der Waals surface area (Å²) >= 11 is 1.29. The van der Waals surface area contributed by atoms with Crippen molar-refractivity contribution in [2.45, 2.75) is 26.8 Å². The monoisotopic (exact) mass is 419 g/mol. The van der Waals surface area contributed by atoms with Gasteiger partial charge in [0.25, 0.3) is 5.56 Å². The number of hydrogen-bond acceptors (Lipinski definition) is 6. The second kappa shape index (κ2) is 8.20. The van der Waals surface area contributed by atoms with Gasteiger partial charge in [-0.25, -0.2) is 9.79 Å². The van der Waals surface area contributed by atoms with Crippen molar-refractivity contribution in [3.8, 4) is 0 Å². The molecule has 1 aromatic carbocycles. The molecule has 0 spiro atoms. The van der Waals surface area contributed by atoms with Gasteiger partial charge >= 0.3 is 5.97 Å². The minimum absolute atomic E-state index is 0.204. The third-order valence-electron chi connectivity index (χ3n) is 4.82. The number of pyridine rings is 1. The number of carbonyl (C=O) groups excluding carboxylic acids is 1. The first-order chi connectivity index (χ1) is 14.5. The molecule has 30 heavy (non-hydrogen) atoms. The number of rotatable bonds is 4. The molecule has 3 aromatic rings. The van der Waals surface area contributed by atoms with Crippen molar-refractivity contribution in [1.29, 1.82) is 0 Å². The Bertz CT molecular complexity index is 1320. The molecular formula is C23H21N3O3S. The maximum atomic E-state index is 13.4. The molecule has 0 unspecified atom stereocenters. The predicted molar refractivity (Wildman–Crippen MR) is 116 cm³/mol. The van der Waals surface area contributed by atoms with Crippen LogP contribution in [0.3, 0.4) is 0 Å². The Kier molecular flexibility index (Phi) is 5.46. The lowest BCUT2D eigenvalue weighted by atomic mass is 9.96. The zero-order valence-electron chi connectivity index (χ0n) is 17.0. The molecule has 1 atom stereocenters. The van der Waals surface area contributed by atoms with Crippen LogP contribution < -0.4 is 14.9 Å². The Morgan fingerprint density at radius 1 is 1.17 bits per heavy atom. The Balaban J connectivity index is 1.96. The van der Waals surface area contributed by atoms with E-state index in [4.69, 9.17) is 4.74 Å². The number of nitrogens with zero attached hydrogens (tertiary/aromatic N) is 3. The highest BCUT2D eigenvalue weighted by molar-refractivity contribution is 7.07. The number of allylic oxidation sites excluding steroid dienone is 1. The Labute approximate surface area is 177 Å². The van der Waals surface area contributed by atoms with Gasteiger partial charge in [-0.1, -0.05) is 47.7 Å². The van der Waals surface area contributed by atoms with E-state index in [1.807, 2.05) is 55.5 Å². The molecule has 2 aromatic heterocycles. The van der Waals surface area contributed by atoms with E-state index in [-0.39, 0.29) is 12.2 Å². The van der Waals surface area contributed by atoms with Gasteiger partial charge in [-0.15, -0.1) is 0 Å². The normalized spacial score (nSPS) is 16.2. The largest absolute Gasteiger partial charge is 0.463 e. The van der Waals surface area contributed by atoms with Crippen molar-refractivity contribution in [2.75, 3.05) is 6.61 Å². The molecule has 0 fully saturated rings. The van der Waals surface area contributed by atoms with Crippen LogP contribution in [0.5, 0.6) is 0 Å². The first-order valence-electron chi connectivity index (χ1n) is 9.68. The second-order valence-corrected chi connectivity index (χ2v) is 7.93. The van der Waals surface area contributed by atoms with E-state index < -0.39 is 12.0 Å². The minimum Gasteiger partial charge on any atom is -0.463 e. The fourth-order valence-corrected chi connectivity index (χ4v) is 4.55. The van der Waals surface area contributed by atoms with Crippen LogP contribution in [0.4, 0.5) is 0 Å². The SMILES string of the molecule is CCOC(=O)C1=C(C)N=c2s/c(=C\c3cccc(C)n3)c(=O)n2[C@@H]1c1ccccc1. The molecule has 1 aliphatic heterocycles. The number of benzene rings is 1.